The Morgan fingerprint density at radius 1 is 1.00 bits per heavy atom. The zero-order valence-electron chi connectivity index (χ0n) is 17.9. The van der Waals surface area contributed by atoms with Gasteiger partial charge in [-0.25, -0.2) is 9.59 Å². The maximum atomic E-state index is 13.8. The molecule has 170 valence electrons. The number of thiophene rings is 1. The number of carbonyl (C=O) groups excluding carboxylic acids is 2. The molecule has 3 aromatic rings. The number of carbonyl (C=O) groups is 2. The van der Waals surface area contributed by atoms with Gasteiger partial charge in [-0.15, -0.1) is 11.3 Å². The second kappa shape index (κ2) is 8.82. The predicted octanol–water partition coefficient (Wildman–Crippen LogP) is 6.40. The van der Waals surface area contributed by atoms with Crippen molar-refractivity contribution in [3.05, 3.63) is 58.5 Å². The summed E-state index contributed by atoms with van der Waals surface area (Å²) in [6.07, 6.45) is -5.20. The van der Waals surface area contributed by atoms with Gasteiger partial charge in [-0.1, -0.05) is 12.1 Å². The van der Waals surface area contributed by atoms with Crippen molar-refractivity contribution in [3.63, 3.8) is 0 Å². The van der Waals surface area contributed by atoms with Gasteiger partial charge in [0.15, 0.2) is 0 Å². The number of hydrogen-bond acceptors (Lipinski definition) is 5. The second-order valence-corrected chi connectivity index (χ2v) is 9.21. The normalized spacial score (nSPS) is 12.0. The molecule has 1 aromatic heterocycles. The summed E-state index contributed by atoms with van der Waals surface area (Å²) in [5.41, 5.74) is -0.225. The summed E-state index contributed by atoms with van der Waals surface area (Å²) in [6.45, 7) is 5.22. The topological polar surface area (TPSA) is 64.6 Å². The van der Waals surface area contributed by atoms with Crippen LogP contribution in [0.25, 0.3) is 21.2 Å². The number of methoxy groups -OCH3 is 1. The smallest absolute Gasteiger partial charge is 0.417 e. The molecule has 0 bridgehead atoms. The Morgan fingerprint density at radius 2 is 1.66 bits per heavy atom. The first kappa shape index (κ1) is 23.6. The van der Waals surface area contributed by atoms with Gasteiger partial charge in [-0.05, 0) is 67.6 Å². The average molecular weight is 465 g/mol. The summed E-state index contributed by atoms with van der Waals surface area (Å²) in [5.74, 6) is -0.525. The van der Waals surface area contributed by atoms with Gasteiger partial charge in [0.25, 0.3) is 0 Å². The molecule has 1 amide bonds. The SMILES string of the molecule is COC(=O)c1ccc(-c2cc(C(F)(F)F)c3sc(CNC(=O)OC(C)(C)C)cc3c2)cc1. The van der Waals surface area contributed by atoms with E-state index in [0.29, 0.717) is 27.0 Å². The quantitative estimate of drug-likeness (QED) is 0.453. The molecule has 1 heterocycles. The minimum Gasteiger partial charge on any atom is -0.465 e. The van der Waals surface area contributed by atoms with Gasteiger partial charge in [0.05, 0.1) is 24.8 Å². The van der Waals surface area contributed by atoms with Crippen LogP contribution in [-0.4, -0.2) is 24.8 Å². The molecule has 0 atom stereocenters. The number of alkyl carbamates (subject to hydrolysis) is 1. The largest absolute Gasteiger partial charge is 0.465 e. The van der Waals surface area contributed by atoms with Gasteiger partial charge >= 0.3 is 18.2 Å². The van der Waals surface area contributed by atoms with E-state index in [1.807, 2.05) is 0 Å². The lowest BCUT2D eigenvalue weighted by Gasteiger charge is -2.19. The minimum absolute atomic E-state index is 0.0503. The molecule has 9 heteroatoms. The molecule has 0 spiro atoms. The van der Waals surface area contributed by atoms with Crippen LogP contribution in [-0.2, 0) is 22.2 Å². The van der Waals surface area contributed by atoms with Crippen molar-refractivity contribution in [1.82, 2.24) is 5.32 Å². The van der Waals surface area contributed by atoms with E-state index >= 15 is 0 Å². The highest BCUT2D eigenvalue weighted by molar-refractivity contribution is 7.19. The Balaban J connectivity index is 1.95. The monoisotopic (exact) mass is 465 g/mol. The van der Waals surface area contributed by atoms with Crippen molar-refractivity contribution in [2.24, 2.45) is 0 Å². The Hall–Kier alpha value is -3.07. The van der Waals surface area contributed by atoms with Crippen molar-refractivity contribution in [3.8, 4) is 11.1 Å². The molecule has 0 unspecified atom stereocenters. The maximum Gasteiger partial charge on any atom is 0.417 e. The van der Waals surface area contributed by atoms with E-state index in [1.54, 1.807) is 45.0 Å². The molecule has 3 rings (SSSR count). The van der Waals surface area contributed by atoms with Crippen LogP contribution in [0.5, 0.6) is 0 Å². The van der Waals surface area contributed by atoms with Crippen LogP contribution >= 0.6 is 11.3 Å². The molecule has 0 aliphatic rings. The molecule has 5 nitrogen and oxygen atoms in total. The molecule has 2 aromatic carbocycles. The van der Waals surface area contributed by atoms with Gasteiger partial charge in [-0.2, -0.15) is 13.2 Å². The third kappa shape index (κ3) is 5.59. The van der Waals surface area contributed by atoms with Gasteiger partial charge < -0.3 is 14.8 Å². The van der Waals surface area contributed by atoms with Crippen LogP contribution in [0.2, 0.25) is 0 Å². The van der Waals surface area contributed by atoms with Crippen LogP contribution in [0.3, 0.4) is 0 Å². The molecule has 0 saturated heterocycles. The third-order valence-corrected chi connectivity index (χ3v) is 5.60. The molecular weight excluding hydrogens is 443 g/mol. The lowest BCUT2D eigenvalue weighted by molar-refractivity contribution is -0.136. The zero-order chi connectivity index (χ0) is 23.7. The third-order valence-electron chi connectivity index (χ3n) is 4.42. The number of alkyl halides is 3. The molecule has 1 N–H and O–H groups in total. The Labute approximate surface area is 187 Å². The van der Waals surface area contributed by atoms with Crippen molar-refractivity contribution in [2.45, 2.75) is 39.1 Å². The number of ether oxygens (including phenoxy) is 2. The van der Waals surface area contributed by atoms with E-state index in [-0.39, 0.29) is 11.2 Å². The lowest BCUT2D eigenvalue weighted by Crippen LogP contribution is -2.31. The van der Waals surface area contributed by atoms with Crippen molar-refractivity contribution < 1.29 is 32.2 Å². The van der Waals surface area contributed by atoms with Crippen LogP contribution in [0.1, 0.15) is 41.6 Å². The molecule has 0 aliphatic carbocycles. The number of hydrogen-bond donors (Lipinski definition) is 1. The fraction of sp³-hybridized carbons (Fsp3) is 0.304. The standard InChI is InChI=1S/C23H22F3NO4S/c1-22(2,3)31-21(29)27-12-17-10-16-9-15(11-18(19(16)32-17)23(24,25)26)13-5-7-14(8-6-13)20(28)30-4/h5-11H,12H2,1-4H3,(H,27,29). The van der Waals surface area contributed by atoms with Gasteiger partial charge in [0.1, 0.15) is 5.60 Å². The number of esters is 1. The zero-order valence-corrected chi connectivity index (χ0v) is 18.7. The fourth-order valence-electron chi connectivity index (χ4n) is 3.06. The predicted molar refractivity (Wildman–Crippen MR) is 117 cm³/mol. The van der Waals surface area contributed by atoms with Crippen LogP contribution < -0.4 is 5.32 Å². The Morgan fingerprint density at radius 3 is 2.22 bits per heavy atom. The molecule has 0 fully saturated rings. The first-order valence-corrected chi connectivity index (χ1v) is 10.5. The number of amides is 1. The number of rotatable bonds is 4. The molecule has 32 heavy (non-hydrogen) atoms. The Kier molecular flexibility index (Phi) is 6.50. The lowest BCUT2D eigenvalue weighted by atomic mass is 9.99. The highest BCUT2D eigenvalue weighted by atomic mass is 32.1. The van der Waals surface area contributed by atoms with Gasteiger partial charge in [0, 0.05) is 9.58 Å². The first-order chi connectivity index (χ1) is 14.9. The van der Waals surface area contributed by atoms with Gasteiger partial charge in [0.2, 0.25) is 0 Å². The van der Waals surface area contributed by atoms with Crippen LogP contribution in [0, 0.1) is 0 Å². The van der Waals surface area contributed by atoms with Crippen molar-refractivity contribution in [2.75, 3.05) is 7.11 Å². The summed E-state index contributed by atoms with van der Waals surface area (Å²) < 4.78 is 51.3. The van der Waals surface area contributed by atoms with Crippen LogP contribution in [0.15, 0.2) is 42.5 Å². The molecular formula is C23H22F3NO4S. The number of fused-ring (bicyclic) bond motifs is 1. The summed E-state index contributed by atoms with van der Waals surface area (Å²) in [6, 6.07) is 10.5. The van der Waals surface area contributed by atoms with Crippen LogP contribution in [0.4, 0.5) is 18.0 Å². The second-order valence-electron chi connectivity index (χ2n) is 8.08. The average Bonchev–Trinajstić information content (AvgIpc) is 3.12. The minimum atomic E-state index is -4.55. The summed E-state index contributed by atoms with van der Waals surface area (Å²) >= 11 is 0.973. The molecule has 0 aliphatic heterocycles. The van der Waals surface area contributed by atoms with E-state index in [4.69, 9.17) is 4.74 Å². The first-order valence-electron chi connectivity index (χ1n) is 9.66. The highest BCUT2D eigenvalue weighted by Gasteiger charge is 2.34. The van der Waals surface area contributed by atoms with Crippen molar-refractivity contribution >= 4 is 33.5 Å². The van der Waals surface area contributed by atoms with Crippen molar-refractivity contribution in [1.29, 1.82) is 0 Å². The van der Waals surface area contributed by atoms with Gasteiger partial charge in [-0.3, -0.25) is 0 Å². The number of nitrogens with one attached hydrogen (secondary N) is 1. The fourth-order valence-corrected chi connectivity index (χ4v) is 4.17. The van der Waals surface area contributed by atoms with E-state index < -0.39 is 29.4 Å². The Bertz CT molecular complexity index is 1140. The summed E-state index contributed by atoms with van der Waals surface area (Å²) in [4.78, 5) is 24.0. The molecule has 0 saturated carbocycles. The summed E-state index contributed by atoms with van der Waals surface area (Å²) in [7, 11) is 1.26. The highest BCUT2D eigenvalue weighted by Crippen LogP contribution is 2.41. The van der Waals surface area contributed by atoms with E-state index in [0.717, 1.165) is 17.4 Å². The summed E-state index contributed by atoms with van der Waals surface area (Å²) in [5, 5.41) is 2.98. The maximum absolute atomic E-state index is 13.8. The molecule has 0 radical (unpaired) electrons. The number of halogens is 3. The van der Waals surface area contributed by atoms with E-state index in [2.05, 4.69) is 10.1 Å². The van der Waals surface area contributed by atoms with E-state index in [9.17, 15) is 22.8 Å². The van der Waals surface area contributed by atoms with E-state index in [1.165, 1.54) is 19.2 Å². The number of benzene rings is 2.